The highest BCUT2D eigenvalue weighted by atomic mass is 19.4. The lowest BCUT2D eigenvalue weighted by Gasteiger charge is -2.38. The van der Waals surface area contributed by atoms with Gasteiger partial charge >= 0.3 is 12.1 Å². The molecule has 156 valence electrons. The van der Waals surface area contributed by atoms with E-state index in [1.54, 1.807) is 0 Å². The average molecular weight is 421 g/mol. The molecule has 0 saturated heterocycles. The van der Waals surface area contributed by atoms with E-state index in [9.17, 15) is 32.3 Å². The van der Waals surface area contributed by atoms with Gasteiger partial charge in [0.25, 0.3) is 5.91 Å². The molecule has 2 aromatic carbocycles. The summed E-state index contributed by atoms with van der Waals surface area (Å²) in [4.78, 5) is 24.2. The number of carbonyl (C=O) groups excluding carboxylic acids is 1. The van der Waals surface area contributed by atoms with E-state index in [-0.39, 0.29) is 35.1 Å². The molecule has 1 aromatic heterocycles. The molecule has 1 aliphatic rings. The summed E-state index contributed by atoms with van der Waals surface area (Å²) in [5, 5.41) is 12.1. The fourth-order valence-electron chi connectivity index (χ4n) is 3.46. The Bertz CT molecular complexity index is 1140. The lowest BCUT2D eigenvalue weighted by Crippen LogP contribution is -2.59. The number of carboxylic acid groups (broad SMARTS) is 1. The van der Waals surface area contributed by atoms with Crippen molar-refractivity contribution in [1.29, 1.82) is 0 Å². The van der Waals surface area contributed by atoms with E-state index in [4.69, 9.17) is 4.42 Å². The number of furan rings is 1. The Balaban J connectivity index is 1.71. The monoisotopic (exact) mass is 421 g/mol. The predicted molar refractivity (Wildman–Crippen MR) is 98.3 cm³/mol. The first-order valence-corrected chi connectivity index (χ1v) is 9.06. The van der Waals surface area contributed by atoms with Gasteiger partial charge in [-0.3, -0.25) is 4.79 Å². The molecule has 30 heavy (non-hydrogen) atoms. The quantitative estimate of drug-likeness (QED) is 0.582. The summed E-state index contributed by atoms with van der Waals surface area (Å²) in [6.45, 7) is 0. The Labute approximate surface area is 167 Å². The maximum absolute atomic E-state index is 14.1. The summed E-state index contributed by atoms with van der Waals surface area (Å²) in [6.07, 6.45) is -3.31. The SMILES string of the molecule is O=C(NC1(C(=O)O)CCC1)c1cc(F)cc2cc(-c3ccc(C(F)(F)F)cc3)oc12. The molecule has 0 spiro atoms. The lowest BCUT2D eigenvalue weighted by molar-refractivity contribution is -0.148. The van der Waals surface area contributed by atoms with Gasteiger partial charge < -0.3 is 14.8 Å². The Morgan fingerprint density at radius 3 is 2.27 bits per heavy atom. The van der Waals surface area contributed by atoms with E-state index in [0.29, 0.717) is 12.0 Å². The van der Waals surface area contributed by atoms with Crippen molar-refractivity contribution in [2.45, 2.75) is 31.0 Å². The van der Waals surface area contributed by atoms with Gasteiger partial charge in [0, 0.05) is 10.9 Å². The fourth-order valence-corrected chi connectivity index (χ4v) is 3.46. The van der Waals surface area contributed by atoms with E-state index in [1.807, 2.05) is 0 Å². The number of fused-ring (bicyclic) bond motifs is 1. The van der Waals surface area contributed by atoms with Crippen LogP contribution in [0.2, 0.25) is 0 Å². The van der Waals surface area contributed by atoms with Crippen molar-refractivity contribution in [3.8, 4) is 11.3 Å². The third kappa shape index (κ3) is 3.40. The first-order valence-electron chi connectivity index (χ1n) is 9.06. The number of carbonyl (C=O) groups is 2. The number of hydrogen-bond donors (Lipinski definition) is 2. The molecule has 4 rings (SSSR count). The number of hydrogen-bond acceptors (Lipinski definition) is 3. The number of amides is 1. The molecular formula is C21H15F4NO4. The molecule has 1 saturated carbocycles. The normalized spacial score (nSPS) is 15.6. The number of benzene rings is 2. The smallest absolute Gasteiger partial charge is 0.416 e. The Kier molecular flexibility index (Phi) is 4.56. The van der Waals surface area contributed by atoms with Crippen molar-refractivity contribution in [3.63, 3.8) is 0 Å². The molecule has 9 heteroatoms. The number of alkyl halides is 3. The van der Waals surface area contributed by atoms with Gasteiger partial charge in [-0.25, -0.2) is 9.18 Å². The number of rotatable bonds is 4. The highest BCUT2D eigenvalue weighted by Crippen LogP contribution is 2.35. The first kappa shape index (κ1) is 19.9. The van der Waals surface area contributed by atoms with Gasteiger partial charge in [-0.15, -0.1) is 0 Å². The van der Waals surface area contributed by atoms with Crippen LogP contribution in [0.5, 0.6) is 0 Å². The summed E-state index contributed by atoms with van der Waals surface area (Å²) in [7, 11) is 0. The van der Waals surface area contributed by atoms with Gasteiger partial charge in [0.2, 0.25) is 0 Å². The van der Waals surface area contributed by atoms with Crippen LogP contribution in [0.1, 0.15) is 35.2 Å². The third-order valence-corrected chi connectivity index (χ3v) is 5.29. The van der Waals surface area contributed by atoms with Gasteiger partial charge in [0.15, 0.2) is 0 Å². The van der Waals surface area contributed by atoms with Gasteiger partial charge in [0.05, 0.1) is 11.1 Å². The van der Waals surface area contributed by atoms with Gasteiger partial charge in [-0.2, -0.15) is 13.2 Å². The van der Waals surface area contributed by atoms with Crippen LogP contribution in [0.15, 0.2) is 46.9 Å². The third-order valence-electron chi connectivity index (χ3n) is 5.29. The minimum absolute atomic E-state index is 0.0173. The molecule has 1 amide bonds. The standard InChI is InChI=1S/C21H15F4NO4/c22-14-8-12-9-16(11-2-4-13(5-3-11)21(23,24)25)30-17(12)15(10-14)18(27)26-20(19(28)29)6-1-7-20/h2-5,8-10H,1,6-7H2,(H,26,27)(H,28,29). The van der Waals surface area contributed by atoms with E-state index >= 15 is 0 Å². The Hall–Kier alpha value is -3.36. The zero-order valence-electron chi connectivity index (χ0n) is 15.3. The molecule has 1 fully saturated rings. The summed E-state index contributed by atoms with van der Waals surface area (Å²) in [6, 6.07) is 7.68. The van der Waals surface area contributed by atoms with Crippen LogP contribution in [0.25, 0.3) is 22.3 Å². The van der Waals surface area contributed by atoms with Crippen molar-refractivity contribution in [2.75, 3.05) is 0 Å². The molecule has 5 nitrogen and oxygen atoms in total. The second-order valence-electron chi connectivity index (χ2n) is 7.25. The molecule has 2 N–H and O–H groups in total. The van der Waals surface area contributed by atoms with Gasteiger partial charge in [0.1, 0.15) is 22.7 Å². The van der Waals surface area contributed by atoms with Crippen LogP contribution >= 0.6 is 0 Å². The second-order valence-corrected chi connectivity index (χ2v) is 7.25. The highest BCUT2D eigenvalue weighted by molar-refractivity contribution is 6.07. The first-order chi connectivity index (χ1) is 14.1. The van der Waals surface area contributed by atoms with E-state index in [1.165, 1.54) is 18.2 Å². The minimum Gasteiger partial charge on any atom is -0.480 e. The Morgan fingerprint density at radius 2 is 1.73 bits per heavy atom. The van der Waals surface area contributed by atoms with Crippen LogP contribution in [-0.2, 0) is 11.0 Å². The molecule has 1 aliphatic carbocycles. The van der Waals surface area contributed by atoms with Crippen LogP contribution in [0.4, 0.5) is 17.6 Å². The second kappa shape index (κ2) is 6.86. The zero-order valence-corrected chi connectivity index (χ0v) is 15.3. The predicted octanol–water partition coefficient (Wildman–Crippen LogP) is 4.99. The summed E-state index contributed by atoms with van der Waals surface area (Å²) in [5.74, 6) is -2.55. The van der Waals surface area contributed by atoms with E-state index in [0.717, 1.165) is 24.3 Å². The van der Waals surface area contributed by atoms with Crippen LogP contribution in [-0.4, -0.2) is 22.5 Å². The van der Waals surface area contributed by atoms with Crippen LogP contribution in [0.3, 0.4) is 0 Å². The van der Waals surface area contributed by atoms with Gasteiger partial charge in [-0.05, 0) is 49.6 Å². The molecule has 3 aromatic rings. The number of halogens is 4. The molecule has 0 atom stereocenters. The maximum atomic E-state index is 14.1. The molecule has 0 bridgehead atoms. The zero-order chi connectivity index (χ0) is 21.7. The number of nitrogens with one attached hydrogen (secondary N) is 1. The van der Waals surface area contributed by atoms with Crippen LogP contribution in [0, 0.1) is 5.82 Å². The number of aliphatic carboxylic acids is 1. The Morgan fingerprint density at radius 1 is 1.07 bits per heavy atom. The van der Waals surface area contributed by atoms with E-state index < -0.39 is 35.0 Å². The average Bonchev–Trinajstić information content (AvgIpc) is 3.06. The maximum Gasteiger partial charge on any atom is 0.416 e. The summed E-state index contributed by atoms with van der Waals surface area (Å²) < 4.78 is 58.0. The molecule has 1 heterocycles. The van der Waals surface area contributed by atoms with Gasteiger partial charge in [-0.1, -0.05) is 12.1 Å². The lowest BCUT2D eigenvalue weighted by atomic mass is 9.76. The van der Waals surface area contributed by atoms with E-state index in [2.05, 4.69) is 5.32 Å². The van der Waals surface area contributed by atoms with Crippen molar-refractivity contribution in [3.05, 3.63) is 59.4 Å². The molecule has 0 radical (unpaired) electrons. The molecule has 0 aliphatic heterocycles. The fraction of sp³-hybridized carbons (Fsp3) is 0.238. The largest absolute Gasteiger partial charge is 0.480 e. The molecule has 0 unspecified atom stereocenters. The van der Waals surface area contributed by atoms with Crippen molar-refractivity contribution in [1.82, 2.24) is 5.32 Å². The topological polar surface area (TPSA) is 79.5 Å². The number of carboxylic acids is 1. The molecular weight excluding hydrogens is 406 g/mol. The summed E-state index contributed by atoms with van der Waals surface area (Å²) >= 11 is 0. The van der Waals surface area contributed by atoms with Crippen molar-refractivity contribution in [2.24, 2.45) is 0 Å². The van der Waals surface area contributed by atoms with Crippen LogP contribution < -0.4 is 5.32 Å². The van der Waals surface area contributed by atoms with Crippen molar-refractivity contribution >= 4 is 22.8 Å². The highest BCUT2D eigenvalue weighted by Gasteiger charge is 2.46. The van der Waals surface area contributed by atoms with Crippen molar-refractivity contribution < 1.29 is 36.7 Å². The summed E-state index contributed by atoms with van der Waals surface area (Å²) in [5.41, 5.74) is -2.07. The minimum atomic E-state index is -4.48.